The maximum Gasteiger partial charge on any atom is 0.416 e. The minimum atomic E-state index is -5.54. The van der Waals surface area contributed by atoms with E-state index in [0.29, 0.717) is 7.11 Å². The van der Waals surface area contributed by atoms with Crippen molar-refractivity contribution in [2.45, 2.75) is 55.7 Å². The number of methoxy groups -OCH3 is 1. The van der Waals surface area contributed by atoms with Crippen LogP contribution in [-0.2, 0) is 34.5 Å². The first kappa shape index (κ1) is 16.5. The smallest absolute Gasteiger partial charge is 0.383 e. The summed E-state index contributed by atoms with van der Waals surface area (Å²) >= 11 is -0.163. The molecule has 0 bridgehead atoms. The number of nitrogens with zero attached hydrogens (tertiary/aromatic N) is 3. The summed E-state index contributed by atoms with van der Waals surface area (Å²) in [5.41, 5.74) is -10.7. The largest absolute Gasteiger partial charge is 0.416 e. The molecule has 0 atom stereocenters. The first-order valence-corrected chi connectivity index (χ1v) is 15.7. The molecule has 0 N–H and O–H groups in total. The second-order valence-electron chi connectivity index (χ2n) is 10.4. The third-order valence-electron chi connectivity index (χ3n) is 6.85. The Morgan fingerprint density at radius 3 is 2.36 bits per heavy atom. The fourth-order valence-corrected chi connectivity index (χ4v) is 5.24. The average Bonchev–Trinajstić information content (AvgIpc) is 3.37. The highest BCUT2D eigenvalue weighted by Crippen LogP contribution is 2.32. The van der Waals surface area contributed by atoms with Gasteiger partial charge in [0, 0.05) is 72.9 Å². The molecule has 53 heavy (non-hydrogen) atoms. The molecule has 278 valence electrons. The van der Waals surface area contributed by atoms with Gasteiger partial charge in [-0.05, 0) is 66.6 Å². The minimum absolute atomic E-state index is 0.163. The number of amides is 1. The van der Waals surface area contributed by atoms with Gasteiger partial charge in [0.2, 0.25) is 5.91 Å². The summed E-state index contributed by atoms with van der Waals surface area (Å²) in [6, 6.07) is -26.5. The number of aromatic nitrogens is 1. The Morgan fingerprint density at radius 1 is 1.02 bits per heavy atom. The molecule has 1 fully saturated rings. The molecule has 0 spiro atoms. The zero-order valence-corrected chi connectivity index (χ0v) is 27.8. The molecular weight excluding hydrogens is 710 g/mol. The van der Waals surface area contributed by atoms with Crippen molar-refractivity contribution in [3.63, 3.8) is 0 Å². The van der Waals surface area contributed by atoms with Gasteiger partial charge >= 0.3 is 6.18 Å². The minimum Gasteiger partial charge on any atom is -0.383 e. The zero-order valence-electron chi connectivity index (χ0n) is 55.0. The molecule has 12 heteroatoms. The lowest BCUT2D eigenvalue weighted by Gasteiger charge is -2.39. The Kier molecular flexibility index (Phi) is 5.17. The summed E-state index contributed by atoms with van der Waals surface area (Å²) in [5, 5.41) is -2.50. The number of alkyl halides is 3. The Bertz CT molecular complexity index is 3470. The van der Waals surface area contributed by atoms with Gasteiger partial charge in [-0.1, -0.05) is 59.9 Å². The van der Waals surface area contributed by atoms with Crippen molar-refractivity contribution in [3.8, 4) is 11.1 Å². The van der Waals surface area contributed by atoms with E-state index >= 15 is 9.18 Å². The van der Waals surface area contributed by atoms with Crippen LogP contribution in [0.1, 0.15) is 73.4 Å². The number of likely N-dealkylation sites (tertiary alicyclic amines) is 1. The van der Waals surface area contributed by atoms with E-state index in [1.54, 1.807) is 0 Å². The average molecular weight is 778 g/mol. The van der Waals surface area contributed by atoms with E-state index in [2.05, 4.69) is 4.74 Å². The third kappa shape index (κ3) is 9.17. The van der Waals surface area contributed by atoms with E-state index < -0.39 is 243 Å². The molecule has 0 aliphatic carbocycles. The first-order chi connectivity index (χ1) is 36.6. The van der Waals surface area contributed by atoms with E-state index in [4.69, 9.17) is 28.8 Å². The van der Waals surface area contributed by atoms with Crippen molar-refractivity contribution in [2.75, 3.05) is 33.2 Å². The maximum atomic E-state index is 15.9. The van der Waals surface area contributed by atoms with Crippen molar-refractivity contribution in [3.05, 3.63) is 135 Å². The van der Waals surface area contributed by atoms with Gasteiger partial charge in [-0.15, -0.1) is 11.8 Å². The molecule has 1 aromatic heterocycles. The van der Waals surface area contributed by atoms with Crippen LogP contribution in [0.3, 0.4) is 0 Å². The summed E-state index contributed by atoms with van der Waals surface area (Å²) in [5.74, 6) is -7.98. The van der Waals surface area contributed by atoms with Crippen molar-refractivity contribution in [1.29, 1.82) is 0 Å². The first-order valence-electron chi connectivity index (χ1n) is 28.7. The lowest BCUT2D eigenvalue weighted by molar-refractivity contribution is -0.137. The molecule has 0 radical (unpaired) electrons. The van der Waals surface area contributed by atoms with Crippen LogP contribution in [0.4, 0.5) is 22.0 Å². The number of benzene rings is 4. The molecule has 1 saturated heterocycles. The fourth-order valence-electron chi connectivity index (χ4n) is 4.32. The van der Waals surface area contributed by atoms with Crippen molar-refractivity contribution >= 4 is 28.6 Å². The molecule has 1 aliphatic heterocycles. The monoisotopic (exact) mass is 777 g/mol. The van der Waals surface area contributed by atoms with Gasteiger partial charge < -0.3 is 19.1 Å². The highest BCUT2D eigenvalue weighted by atomic mass is 32.2. The Balaban J connectivity index is 1.79. The molecule has 1 aliphatic rings. The van der Waals surface area contributed by atoms with E-state index in [0.717, 1.165) is 6.92 Å². The fraction of sp³-hybridized carbons (Fsp3) is 0.317. The van der Waals surface area contributed by atoms with Gasteiger partial charge in [-0.25, -0.2) is 8.78 Å². The number of rotatable bonds is 12. The molecule has 4 aromatic carbocycles. The van der Waals surface area contributed by atoms with Crippen LogP contribution in [0.25, 0.3) is 22.0 Å². The van der Waals surface area contributed by atoms with Crippen LogP contribution in [0.15, 0.2) is 100 Å². The molecule has 6 nitrogen and oxygen atoms in total. The van der Waals surface area contributed by atoms with Crippen LogP contribution in [0.5, 0.6) is 0 Å². The quantitative estimate of drug-likeness (QED) is 0.0938. The highest BCUT2D eigenvalue weighted by Gasteiger charge is 2.31. The summed E-state index contributed by atoms with van der Waals surface area (Å²) in [6.45, 7) is -19.4. The van der Waals surface area contributed by atoms with Gasteiger partial charge in [0.1, 0.15) is 6.50 Å². The van der Waals surface area contributed by atoms with E-state index in [9.17, 15) is 32.0 Å². The van der Waals surface area contributed by atoms with Crippen LogP contribution >= 0.6 is 11.8 Å². The number of thioether (sulfide) groups is 1. The summed E-state index contributed by atoms with van der Waals surface area (Å²) < 4.78 is 323. The topological polar surface area (TPSA) is 54.8 Å². The second kappa shape index (κ2) is 16.7. The summed E-state index contributed by atoms with van der Waals surface area (Å²) in [6.07, 6.45) is -14.9. The van der Waals surface area contributed by atoms with E-state index in [1.807, 2.05) is 0 Å². The summed E-state index contributed by atoms with van der Waals surface area (Å²) in [7, 11) is 0.677. The molecule has 0 saturated carbocycles. The van der Waals surface area contributed by atoms with Crippen LogP contribution in [0, 0.1) is 18.6 Å². The number of hydrogen-bond acceptors (Lipinski definition) is 5. The molecule has 6 rings (SSSR count). The third-order valence-corrected chi connectivity index (χ3v) is 7.84. The Morgan fingerprint density at radius 2 is 1.70 bits per heavy atom. The van der Waals surface area contributed by atoms with E-state index in [-0.39, 0.29) is 16.3 Å². The number of piperidine rings is 1. The van der Waals surface area contributed by atoms with Crippen molar-refractivity contribution in [2.24, 2.45) is 0 Å². The standard InChI is InChI=1S/C41H40F5N3O3S/c1-27-6-15-36-34(22-27)37(50)23-39(53-26-31-4-3-5-35(42)40(31)43)49(36)25-38(51)48(33-16-18-47(19-17-33)20-21-52-2)24-28-7-9-29(10-8-28)30-11-13-32(14-12-30)41(44,45)46/h3-15,22-23,33H,16-21,24-26H2,1-2H3/i3D,4D,5D,6D,7D,8D,9D,10D,11D,12D,13D,14D,15D,16D2,17D2,18D2,19D2,21D2,22D,23D,25D2,33D. The van der Waals surface area contributed by atoms with Crippen LogP contribution in [-0.4, -0.2) is 59.5 Å². The van der Waals surface area contributed by atoms with Crippen LogP contribution < -0.4 is 5.43 Å². The number of carbonyl (C=O) groups excluding carboxylic acids is 1. The highest BCUT2D eigenvalue weighted by molar-refractivity contribution is 7.98. The van der Waals surface area contributed by atoms with Gasteiger partial charge in [-0.3, -0.25) is 9.59 Å². The molecule has 5 aromatic rings. The SMILES string of the molecule is [2H]c1c([2H])c(F)c(F)c(CSc2c([2H])c(=O)c3c([2H])c(C)c([2H])c([2H])c3n2C([2H])([2H])C(=O)N(Cc2c([2H])c([2H])c(-c3c([2H])c([2H])c(C(F)(F)F)c([2H])c3[2H])c([2H])c2[2H])C2([2H])C([2H])([2H])C([2H])([2H])N(CC([2H])([2H])OC)C([2H])([2H])C2([2H])[2H])c1[2H]. The maximum absolute atomic E-state index is 15.9. The van der Waals surface area contributed by atoms with Gasteiger partial charge in [0.15, 0.2) is 17.1 Å². The summed E-state index contributed by atoms with van der Waals surface area (Å²) in [4.78, 5) is 28.9. The Hall–Kier alpha value is -4.52. The lowest BCUT2D eigenvalue weighted by Crippen LogP contribution is -2.48. The van der Waals surface area contributed by atoms with E-state index in [1.165, 1.54) is 0 Å². The normalized spacial score (nSPS) is 26.7. The number of halogens is 5. The molecule has 1 amide bonds. The molecule has 0 unspecified atom stereocenters. The van der Waals surface area contributed by atoms with Gasteiger partial charge in [0.25, 0.3) is 0 Å². The van der Waals surface area contributed by atoms with Crippen LogP contribution in [0.2, 0.25) is 0 Å². The lowest BCUT2D eigenvalue weighted by atomic mass is 10.00. The number of carbonyl (C=O) groups is 1. The number of ether oxygens (including phenoxy) is 1. The predicted molar refractivity (Wildman–Crippen MR) is 198 cm³/mol. The number of hydrogen-bond donors (Lipinski definition) is 0. The Labute approximate surface area is 348 Å². The number of fused-ring (bicyclic) bond motifs is 1. The van der Waals surface area contributed by atoms with Gasteiger partial charge in [0.05, 0.1) is 50.1 Å². The predicted octanol–water partition coefficient (Wildman–Crippen LogP) is 8.71. The number of pyridine rings is 1. The zero-order chi connectivity index (χ0) is 62.4. The molecule has 2 heterocycles. The van der Waals surface area contributed by atoms with Crippen molar-refractivity contribution < 1.29 is 69.9 Å². The second-order valence-corrected chi connectivity index (χ2v) is 11.4. The molecular formula is C41H40F5N3O3S. The van der Waals surface area contributed by atoms with Crippen molar-refractivity contribution in [1.82, 2.24) is 14.4 Å². The van der Waals surface area contributed by atoms with Gasteiger partial charge in [-0.2, -0.15) is 13.2 Å².